The smallest absolute Gasteiger partial charge is 0.160 e. The van der Waals surface area contributed by atoms with Crippen molar-refractivity contribution in [1.29, 1.82) is 0 Å². The Kier molecular flexibility index (Phi) is 4.58. The van der Waals surface area contributed by atoms with Crippen LogP contribution in [0.15, 0.2) is 16.7 Å². The van der Waals surface area contributed by atoms with Crippen molar-refractivity contribution in [1.82, 2.24) is 14.5 Å². The van der Waals surface area contributed by atoms with Gasteiger partial charge in [0, 0.05) is 22.0 Å². The van der Waals surface area contributed by atoms with Gasteiger partial charge in [-0.3, -0.25) is 0 Å². The fraction of sp³-hybridized carbons (Fsp3) is 0.571. The van der Waals surface area contributed by atoms with Crippen molar-refractivity contribution in [2.75, 3.05) is 5.75 Å². The molecule has 1 fully saturated rings. The molecule has 0 amide bonds. The number of hydrogen-bond donors (Lipinski definition) is 0. The molecule has 2 unspecified atom stereocenters. The van der Waals surface area contributed by atoms with Gasteiger partial charge in [0.15, 0.2) is 5.65 Å². The van der Waals surface area contributed by atoms with E-state index in [0.717, 1.165) is 27.2 Å². The number of imidazole rings is 1. The van der Waals surface area contributed by atoms with Gasteiger partial charge in [-0.1, -0.05) is 13.3 Å². The molecule has 2 aromatic heterocycles. The molecular formula is C14H17BrClN3S. The highest BCUT2D eigenvalue weighted by molar-refractivity contribution is 9.10. The number of fused-ring (bicyclic) bond motifs is 1. The molecule has 3 nitrogen and oxygen atoms in total. The molecular weight excluding hydrogens is 358 g/mol. The Balaban J connectivity index is 2.09. The SMILES string of the molecule is CCSC1CCCC1n1c(CCl)nc2cc(Br)cnc21. The molecule has 1 aliphatic rings. The third kappa shape index (κ3) is 2.60. The number of hydrogen-bond acceptors (Lipinski definition) is 3. The fourth-order valence-corrected chi connectivity index (χ4v) is 4.81. The maximum atomic E-state index is 6.12. The van der Waals surface area contributed by atoms with E-state index < -0.39 is 0 Å². The Bertz CT molecular complexity index is 616. The highest BCUT2D eigenvalue weighted by Crippen LogP contribution is 2.40. The van der Waals surface area contributed by atoms with Gasteiger partial charge < -0.3 is 4.57 Å². The van der Waals surface area contributed by atoms with Crippen molar-refractivity contribution in [3.63, 3.8) is 0 Å². The van der Waals surface area contributed by atoms with E-state index in [1.807, 2.05) is 24.0 Å². The lowest BCUT2D eigenvalue weighted by Gasteiger charge is -2.22. The van der Waals surface area contributed by atoms with E-state index in [1.54, 1.807) is 0 Å². The Hall–Kier alpha value is -0.260. The van der Waals surface area contributed by atoms with Crippen LogP contribution >= 0.6 is 39.3 Å². The van der Waals surface area contributed by atoms with Crippen molar-refractivity contribution in [3.05, 3.63) is 22.6 Å². The summed E-state index contributed by atoms with van der Waals surface area (Å²) < 4.78 is 3.25. The van der Waals surface area contributed by atoms with Crippen molar-refractivity contribution in [3.8, 4) is 0 Å². The molecule has 0 bridgehead atoms. The zero-order valence-corrected chi connectivity index (χ0v) is 14.5. The summed E-state index contributed by atoms with van der Waals surface area (Å²) in [5, 5.41) is 0.657. The first-order valence-electron chi connectivity index (χ1n) is 6.94. The molecule has 2 heterocycles. The number of thioether (sulfide) groups is 1. The van der Waals surface area contributed by atoms with Crippen LogP contribution in [-0.4, -0.2) is 25.5 Å². The minimum Gasteiger partial charge on any atom is -0.307 e. The topological polar surface area (TPSA) is 30.7 Å². The zero-order valence-electron chi connectivity index (χ0n) is 11.4. The Morgan fingerprint density at radius 1 is 1.50 bits per heavy atom. The molecule has 108 valence electrons. The van der Waals surface area contributed by atoms with Gasteiger partial charge in [-0.2, -0.15) is 11.8 Å². The second kappa shape index (κ2) is 6.24. The summed E-state index contributed by atoms with van der Waals surface area (Å²) in [6, 6.07) is 2.50. The van der Waals surface area contributed by atoms with E-state index in [1.165, 1.54) is 19.3 Å². The minimum absolute atomic E-state index is 0.438. The van der Waals surface area contributed by atoms with Gasteiger partial charge in [0.25, 0.3) is 0 Å². The van der Waals surface area contributed by atoms with Crippen molar-refractivity contribution in [2.45, 2.75) is 43.4 Å². The number of aromatic nitrogens is 3. The largest absolute Gasteiger partial charge is 0.307 e. The van der Waals surface area contributed by atoms with Crippen LogP contribution < -0.4 is 0 Å². The van der Waals surface area contributed by atoms with Crippen LogP contribution in [-0.2, 0) is 5.88 Å². The van der Waals surface area contributed by atoms with Crippen LogP contribution in [0.2, 0.25) is 0 Å². The zero-order chi connectivity index (χ0) is 14.1. The van der Waals surface area contributed by atoms with Gasteiger partial charge in [-0.25, -0.2) is 9.97 Å². The molecule has 20 heavy (non-hydrogen) atoms. The summed E-state index contributed by atoms with van der Waals surface area (Å²) in [6.45, 7) is 2.23. The van der Waals surface area contributed by atoms with E-state index in [0.29, 0.717) is 17.2 Å². The fourth-order valence-electron chi connectivity index (χ4n) is 3.06. The van der Waals surface area contributed by atoms with Crippen LogP contribution in [0.3, 0.4) is 0 Å². The standard InChI is InChI=1S/C14H17BrClN3S/c1-2-20-12-5-3-4-11(12)19-13(7-16)18-10-6-9(15)8-17-14(10)19/h6,8,11-12H,2-5,7H2,1H3. The highest BCUT2D eigenvalue weighted by atomic mass is 79.9. The maximum Gasteiger partial charge on any atom is 0.160 e. The third-order valence-corrected chi connectivity index (χ3v) is 5.80. The highest BCUT2D eigenvalue weighted by Gasteiger charge is 2.31. The first-order valence-corrected chi connectivity index (χ1v) is 9.32. The number of rotatable bonds is 4. The Labute approximate surface area is 136 Å². The summed E-state index contributed by atoms with van der Waals surface area (Å²) >= 11 is 11.6. The summed E-state index contributed by atoms with van der Waals surface area (Å²) in [7, 11) is 0. The lowest BCUT2D eigenvalue weighted by atomic mass is 10.2. The average Bonchev–Trinajstić information content (AvgIpc) is 3.01. The van der Waals surface area contributed by atoms with Gasteiger partial charge in [-0.05, 0) is 40.6 Å². The number of nitrogens with zero attached hydrogens (tertiary/aromatic N) is 3. The van der Waals surface area contributed by atoms with E-state index in [9.17, 15) is 0 Å². The molecule has 3 rings (SSSR count). The molecule has 2 aromatic rings. The summed E-state index contributed by atoms with van der Waals surface area (Å²) in [6.07, 6.45) is 5.60. The molecule has 0 spiro atoms. The lowest BCUT2D eigenvalue weighted by Crippen LogP contribution is -2.18. The van der Waals surface area contributed by atoms with Gasteiger partial charge in [0.05, 0.1) is 5.88 Å². The molecule has 0 saturated heterocycles. The van der Waals surface area contributed by atoms with Gasteiger partial charge in [0.1, 0.15) is 11.3 Å². The van der Waals surface area contributed by atoms with E-state index in [2.05, 4.69) is 37.4 Å². The van der Waals surface area contributed by atoms with Crippen LogP contribution in [0.4, 0.5) is 0 Å². The second-order valence-corrected chi connectivity index (χ2v) is 7.72. The van der Waals surface area contributed by atoms with E-state index in [-0.39, 0.29) is 0 Å². The Morgan fingerprint density at radius 3 is 3.10 bits per heavy atom. The van der Waals surface area contributed by atoms with Gasteiger partial charge >= 0.3 is 0 Å². The predicted octanol–water partition coefficient (Wildman–Crippen LogP) is 4.78. The van der Waals surface area contributed by atoms with E-state index in [4.69, 9.17) is 11.6 Å². The maximum absolute atomic E-state index is 6.12. The molecule has 2 atom stereocenters. The first kappa shape index (κ1) is 14.7. The number of alkyl halides is 1. The van der Waals surface area contributed by atoms with Crippen LogP contribution in [0.25, 0.3) is 11.2 Å². The monoisotopic (exact) mass is 373 g/mol. The molecule has 1 aliphatic carbocycles. The third-order valence-electron chi connectivity index (χ3n) is 3.82. The van der Waals surface area contributed by atoms with Crippen molar-refractivity contribution in [2.24, 2.45) is 0 Å². The molecule has 0 aliphatic heterocycles. The predicted molar refractivity (Wildman–Crippen MR) is 89.6 cm³/mol. The molecule has 6 heteroatoms. The van der Waals surface area contributed by atoms with Gasteiger partial charge in [0.2, 0.25) is 0 Å². The lowest BCUT2D eigenvalue weighted by molar-refractivity contribution is 0.524. The summed E-state index contributed by atoms with van der Waals surface area (Å²) in [4.78, 5) is 9.23. The average molecular weight is 375 g/mol. The molecule has 1 saturated carbocycles. The van der Waals surface area contributed by atoms with E-state index >= 15 is 0 Å². The number of halogens is 2. The second-order valence-electron chi connectivity index (χ2n) is 5.02. The summed E-state index contributed by atoms with van der Waals surface area (Å²) in [5.41, 5.74) is 1.90. The normalized spacial score (nSPS) is 22.8. The van der Waals surface area contributed by atoms with Crippen LogP contribution in [0.1, 0.15) is 38.1 Å². The molecule has 0 radical (unpaired) electrons. The Morgan fingerprint density at radius 2 is 2.35 bits per heavy atom. The molecule has 0 aromatic carbocycles. The van der Waals surface area contributed by atoms with Crippen LogP contribution in [0.5, 0.6) is 0 Å². The number of pyridine rings is 1. The summed E-state index contributed by atoms with van der Waals surface area (Å²) in [5.74, 6) is 2.54. The first-order chi connectivity index (χ1) is 9.74. The van der Waals surface area contributed by atoms with Gasteiger partial charge in [-0.15, -0.1) is 11.6 Å². The van der Waals surface area contributed by atoms with Crippen molar-refractivity contribution >= 4 is 50.5 Å². The quantitative estimate of drug-likeness (QED) is 0.722. The van der Waals surface area contributed by atoms with Crippen LogP contribution in [0, 0.1) is 0 Å². The molecule has 0 N–H and O–H groups in total. The van der Waals surface area contributed by atoms with Crippen molar-refractivity contribution < 1.29 is 0 Å². The minimum atomic E-state index is 0.438.